The van der Waals surface area contributed by atoms with E-state index in [4.69, 9.17) is 27.3 Å². The minimum Gasteiger partial charge on any atom is -0.491 e. The summed E-state index contributed by atoms with van der Waals surface area (Å²) in [5, 5.41) is 9.29. The number of carbonyl (C=O) groups is 1. The van der Waals surface area contributed by atoms with Crippen LogP contribution in [-0.4, -0.2) is 12.5 Å². The Balaban J connectivity index is 2.77. The molecule has 4 nitrogen and oxygen atoms in total. The summed E-state index contributed by atoms with van der Waals surface area (Å²) in [6.45, 7) is 1.78. The topological polar surface area (TPSA) is 76.1 Å². The van der Waals surface area contributed by atoms with Crippen LogP contribution >= 0.6 is 11.6 Å². The van der Waals surface area contributed by atoms with E-state index in [0.29, 0.717) is 16.3 Å². The molecule has 0 bridgehead atoms. The SMILES string of the molecule is CC(COc1cc(Cl)ccc1C#N)C(N)=O. The first-order valence-electron chi connectivity index (χ1n) is 4.66. The van der Waals surface area contributed by atoms with Crippen molar-refractivity contribution >= 4 is 17.5 Å². The van der Waals surface area contributed by atoms with Gasteiger partial charge in [-0.1, -0.05) is 18.5 Å². The Labute approximate surface area is 98.6 Å². The van der Waals surface area contributed by atoms with Crippen LogP contribution in [0.15, 0.2) is 18.2 Å². The molecular weight excluding hydrogens is 228 g/mol. The molecule has 0 saturated heterocycles. The van der Waals surface area contributed by atoms with Gasteiger partial charge in [0, 0.05) is 11.1 Å². The van der Waals surface area contributed by atoms with Crippen molar-refractivity contribution in [2.45, 2.75) is 6.92 Å². The van der Waals surface area contributed by atoms with E-state index in [9.17, 15) is 4.79 Å². The first-order chi connectivity index (χ1) is 7.54. The molecule has 0 aliphatic carbocycles. The highest BCUT2D eigenvalue weighted by Gasteiger charge is 2.11. The van der Waals surface area contributed by atoms with E-state index in [0.717, 1.165) is 0 Å². The molecule has 0 heterocycles. The molecule has 1 aromatic rings. The average Bonchev–Trinajstić information content (AvgIpc) is 2.25. The molecule has 0 aliphatic heterocycles. The molecule has 1 unspecified atom stereocenters. The third-order valence-electron chi connectivity index (χ3n) is 2.04. The molecule has 16 heavy (non-hydrogen) atoms. The van der Waals surface area contributed by atoms with Crippen LogP contribution in [0.1, 0.15) is 12.5 Å². The lowest BCUT2D eigenvalue weighted by atomic mass is 10.2. The van der Waals surface area contributed by atoms with Crippen LogP contribution in [0.2, 0.25) is 5.02 Å². The number of nitrogens with two attached hydrogens (primary N) is 1. The highest BCUT2D eigenvalue weighted by molar-refractivity contribution is 6.30. The van der Waals surface area contributed by atoms with Crippen molar-refractivity contribution in [2.75, 3.05) is 6.61 Å². The van der Waals surface area contributed by atoms with Crippen LogP contribution in [0.5, 0.6) is 5.75 Å². The Bertz CT molecular complexity index is 440. The fourth-order valence-electron chi connectivity index (χ4n) is 1.00. The van der Waals surface area contributed by atoms with Gasteiger partial charge in [-0.3, -0.25) is 4.79 Å². The van der Waals surface area contributed by atoms with Crippen molar-refractivity contribution in [3.63, 3.8) is 0 Å². The van der Waals surface area contributed by atoms with Gasteiger partial charge in [-0.05, 0) is 12.1 Å². The normalized spacial score (nSPS) is 11.6. The second-order valence-corrected chi connectivity index (χ2v) is 3.80. The smallest absolute Gasteiger partial charge is 0.223 e. The van der Waals surface area contributed by atoms with Crippen molar-refractivity contribution in [3.05, 3.63) is 28.8 Å². The summed E-state index contributed by atoms with van der Waals surface area (Å²) in [6, 6.07) is 6.68. The number of ether oxygens (including phenoxy) is 1. The molecule has 2 N–H and O–H groups in total. The fourth-order valence-corrected chi connectivity index (χ4v) is 1.17. The third-order valence-corrected chi connectivity index (χ3v) is 2.27. The van der Waals surface area contributed by atoms with E-state index in [1.165, 1.54) is 6.07 Å². The Morgan fingerprint density at radius 1 is 1.69 bits per heavy atom. The number of hydrogen-bond donors (Lipinski definition) is 1. The first kappa shape index (κ1) is 12.3. The maximum atomic E-state index is 10.8. The Morgan fingerprint density at radius 3 is 2.94 bits per heavy atom. The number of benzene rings is 1. The van der Waals surface area contributed by atoms with Gasteiger partial charge in [-0.2, -0.15) is 5.26 Å². The number of amides is 1. The van der Waals surface area contributed by atoms with Gasteiger partial charge < -0.3 is 10.5 Å². The number of nitriles is 1. The van der Waals surface area contributed by atoms with Crippen molar-refractivity contribution in [2.24, 2.45) is 11.7 Å². The predicted octanol–water partition coefficient (Wildman–Crippen LogP) is 1.71. The van der Waals surface area contributed by atoms with Crippen molar-refractivity contribution in [1.29, 1.82) is 5.26 Å². The van der Waals surface area contributed by atoms with E-state index < -0.39 is 11.8 Å². The van der Waals surface area contributed by atoms with Gasteiger partial charge in [0.05, 0.1) is 18.1 Å². The van der Waals surface area contributed by atoms with Gasteiger partial charge in [0.15, 0.2) is 0 Å². The molecule has 0 aromatic heterocycles. The molecule has 1 atom stereocenters. The molecule has 1 aromatic carbocycles. The van der Waals surface area contributed by atoms with Crippen molar-refractivity contribution < 1.29 is 9.53 Å². The van der Waals surface area contributed by atoms with E-state index in [1.807, 2.05) is 6.07 Å². The predicted molar refractivity (Wildman–Crippen MR) is 60.0 cm³/mol. The fraction of sp³-hybridized carbons (Fsp3) is 0.273. The molecule has 0 aliphatic rings. The summed E-state index contributed by atoms with van der Waals surface area (Å²) in [4.78, 5) is 10.8. The molecule has 5 heteroatoms. The summed E-state index contributed by atoms with van der Waals surface area (Å²) in [6.07, 6.45) is 0. The maximum absolute atomic E-state index is 10.8. The lowest BCUT2D eigenvalue weighted by Gasteiger charge is -2.11. The van der Waals surface area contributed by atoms with E-state index >= 15 is 0 Å². The Kier molecular flexibility index (Phi) is 4.15. The van der Waals surface area contributed by atoms with Crippen LogP contribution < -0.4 is 10.5 Å². The summed E-state index contributed by atoms with van der Waals surface area (Å²) in [5.74, 6) is -0.492. The van der Waals surface area contributed by atoms with Gasteiger partial charge in [0.25, 0.3) is 0 Å². The largest absolute Gasteiger partial charge is 0.491 e. The van der Waals surface area contributed by atoms with E-state index in [2.05, 4.69) is 0 Å². The summed E-state index contributed by atoms with van der Waals surface area (Å²) < 4.78 is 5.32. The van der Waals surface area contributed by atoms with Crippen LogP contribution in [0.4, 0.5) is 0 Å². The number of hydrogen-bond acceptors (Lipinski definition) is 3. The van der Waals surface area contributed by atoms with E-state index in [1.54, 1.807) is 19.1 Å². The monoisotopic (exact) mass is 238 g/mol. The van der Waals surface area contributed by atoms with Crippen molar-refractivity contribution in [3.8, 4) is 11.8 Å². The molecule has 1 rings (SSSR count). The number of nitrogens with zero attached hydrogens (tertiary/aromatic N) is 1. The molecule has 1 amide bonds. The standard InChI is InChI=1S/C11H11ClN2O2/c1-7(11(14)15)6-16-10-4-9(12)3-2-8(10)5-13/h2-4,7H,6H2,1H3,(H2,14,15). The summed E-state index contributed by atoms with van der Waals surface area (Å²) >= 11 is 5.77. The zero-order valence-electron chi connectivity index (χ0n) is 8.74. The average molecular weight is 239 g/mol. The molecule has 0 spiro atoms. The van der Waals surface area contributed by atoms with Gasteiger partial charge in [-0.15, -0.1) is 0 Å². The van der Waals surface area contributed by atoms with Gasteiger partial charge in [-0.25, -0.2) is 0 Å². The van der Waals surface area contributed by atoms with Gasteiger partial charge in [0.1, 0.15) is 11.8 Å². The lowest BCUT2D eigenvalue weighted by molar-refractivity contribution is -0.122. The van der Waals surface area contributed by atoms with Crippen molar-refractivity contribution in [1.82, 2.24) is 0 Å². The molecular formula is C11H11ClN2O2. The summed E-state index contributed by atoms with van der Waals surface area (Å²) in [5.41, 5.74) is 5.47. The number of primary amides is 1. The number of halogens is 1. The highest BCUT2D eigenvalue weighted by Crippen LogP contribution is 2.23. The third kappa shape index (κ3) is 3.14. The van der Waals surface area contributed by atoms with Crippen LogP contribution in [0, 0.1) is 17.2 Å². The minimum atomic E-state index is -0.444. The van der Waals surface area contributed by atoms with E-state index in [-0.39, 0.29) is 6.61 Å². The minimum absolute atomic E-state index is 0.129. The van der Waals surface area contributed by atoms with Gasteiger partial charge in [0.2, 0.25) is 5.91 Å². The quantitative estimate of drug-likeness (QED) is 0.868. The molecule has 0 fully saturated rings. The number of carbonyl (C=O) groups excluding carboxylic acids is 1. The second kappa shape index (κ2) is 5.38. The highest BCUT2D eigenvalue weighted by atomic mass is 35.5. The van der Waals surface area contributed by atoms with Crippen LogP contribution in [-0.2, 0) is 4.79 Å². The number of rotatable bonds is 4. The van der Waals surface area contributed by atoms with Crippen LogP contribution in [0.3, 0.4) is 0 Å². The maximum Gasteiger partial charge on any atom is 0.223 e. The second-order valence-electron chi connectivity index (χ2n) is 3.37. The first-order valence-corrected chi connectivity index (χ1v) is 5.04. The molecule has 84 valence electrons. The summed E-state index contributed by atoms with van der Waals surface area (Å²) in [7, 11) is 0. The molecule has 0 saturated carbocycles. The van der Waals surface area contributed by atoms with Gasteiger partial charge >= 0.3 is 0 Å². The Hall–Kier alpha value is -1.73. The zero-order chi connectivity index (χ0) is 12.1. The lowest BCUT2D eigenvalue weighted by Crippen LogP contribution is -2.25. The Morgan fingerprint density at radius 2 is 2.38 bits per heavy atom. The molecule has 0 radical (unpaired) electrons. The zero-order valence-corrected chi connectivity index (χ0v) is 9.49. The van der Waals surface area contributed by atoms with Crippen LogP contribution in [0.25, 0.3) is 0 Å².